The predicted octanol–water partition coefficient (Wildman–Crippen LogP) is 5.80. The fraction of sp³-hybridized carbons (Fsp3) is 0.462. The van der Waals surface area contributed by atoms with Gasteiger partial charge in [-0.25, -0.2) is 0 Å². The van der Waals surface area contributed by atoms with Crippen molar-refractivity contribution in [2.45, 2.75) is 45.5 Å². The van der Waals surface area contributed by atoms with Crippen molar-refractivity contribution < 1.29 is 35.9 Å². The Hall–Kier alpha value is -3.08. The fourth-order valence-corrected chi connectivity index (χ4v) is 5.26. The summed E-state index contributed by atoms with van der Waals surface area (Å²) in [5.41, 5.74) is -2.73. The van der Waals surface area contributed by atoms with Crippen molar-refractivity contribution in [1.29, 1.82) is 0 Å². The molecule has 0 aliphatic carbocycles. The van der Waals surface area contributed by atoms with Crippen molar-refractivity contribution >= 4 is 23.2 Å². The first-order chi connectivity index (χ1) is 17.2. The number of aryl methyl sites for hydroxylation is 2. The van der Waals surface area contributed by atoms with Crippen LogP contribution in [-0.4, -0.2) is 42.9 Å². The van der Waals surface area contributed by atoms with Crippen LogP contribution in [0.5, 0.6) is 0 Å². The number of hydrogen-bond donors (Lipinski definition) is 1. The Bertz CT molecular complexity index is 1150. The molecule has 1 N–H and O–H groups in total. The van der Waals surface area contributed by atoms with Crippen molar-refractivity contribution in [1.82, 2.24) is 4.90 Å². The molecule has 2 aliphatic heterocycles. The molecule has 1 unspecified atom stereocenters. The van der Waals surface area contributed by atoms with Crippen LogP contribution in [0.2, 0.25) is 0 Å². The van der Waals surface area contributed by atoms with E-state index in [9.17, 15) is 35.9 Å². The normalized spacial score (nSPS) is 21.1. The Morgan fingerprint density at radius 1 is 0.946 bits per heavy atom. The van der Waals surface area contributed by atoms with Crippen molar-refractivity contribution in [2.24, 2.45) is 5.41 Å². The van der Waals surface area contributed by atoms with E-state index in [2.05, 4.69) is 5.32 Å². The van der Waals surface area contributed by atoms with E-state index in [1.54, 1.807) is 0 Å². The lowest BCUT2D eigenvalue weighted by Gasteiger charge is -2.32. The highest BCUT2D eigenvalue weighted by molar-refractivity contribution is 6.06. The van der Waals surface area contributed by atoms with E-state index in [0.717, 1.165) is 24.0 Å². The molecule has 0 saturated carbocycles. The van der Waals surface area contributed by atoms with E-state index < -0.39 is 40.5 Å². The molecule has 2 aromatic carbocycles. The SMILES string of the molecule is Cc1cccc(C)c1N1CC(CN2CCCC2)(C(=O)Nc2cc(C(F)(F)F)cc(C(F)(F)F)c2)CC1=O. The summed E-state index contributed by atoms with van der Waals surface area (Å²) >= 11 is 0. The van der Waals surface area contributed by atoms with Gasteiger partial charge in [-0.15, -0.1) is 0 Å². The van der Waals surface area contributed by atoms with Gasteiger partial charge in [-0.1, -0.05) is 18.2 Å². The number of anilines is 2. The molecule has 4 rings (SSSR count). The highest BCUT2D eigenvalue weighted by Gasteiger charge is 2.51. The molecule has 37 heavy (non-hydrogen) atoms. The Morgan fingerprint density at radius 3 is 2.00 bits per heavy atom. The number of nitrogens with zero attached hydrogens (tertiary/aromatic N) is 2. The largest absolute Gasteiger partial charge is 0.416 e. The third kappa shape index (κ3) is 5.61. The van der Waals surface area contributed by atoms with Gasteiger partial charge in [-0.3, -0.25) is 9.59 Å². The average molecular weight is 528 g/mol. The highest BCUT2D eigenvalue weighted by atomic mass is 19.4. The summed E-state index contributed by atoms with van der Waals surface area (Å²) in [5.74, 6) is -1.11. The molecule has 200 valence electrons. The number of benzene rings is 2. The van der Waals surface area contributed by atoms with E-state index in [4.69, 9.17) is 0 Å². The molecule has 2 amide bonds. The van der Waals surface area contributed by atoms with Crippen molar-refractivity contribution in [3.8, 4) is 0 Å². The topological polar surface area (TPSA) is 52.6 Å². The fourth-order valence-electron chi connectivity index (χ4n) is 5.26. The molecular formula is C26H27F6N3O2. The van der Waals surface area contributed by atoms with E-state index in [1.165, 1.54) is 4.90 Å². The van der Waals surface area contributed by atoms with Gasteiger partial charge in [0.05, 0.1) is 16.5 Å². The lowest BCUT2D eigenvalue weighted by atomic mass is 9.84. The van der Waals surface area contributed by atoms with Crippen molar-refractivity contribution in [3.05, 3.63) is 58.7 Å². The minimum absolute atomic E-state index is 0.0114. The quantitative estimate of drug-likeness (QED) is 0.501. The first-order valence-corrected chi connectivity index (χ1v) is 11.9. The molecule has 11 heteroatoms. The molecule has 2 aromatic rings. The third-order valence-electron chi connectivity index (χ3n) is 7.01. The number of halogens is 6. The number of nitrogens with one attached hydrogen (secondary N) is 1. The average Bonchev–Trinajstić information content (AvgIpc) is 3.41. The minimum Gasteiger partial charge on any atom is -0.325 e. The van der Waals surface area contributed by atoms with Crippen LogP contribution in [0.1, 0.15) is 41.5 Å². The molecule has 0 spiro atoms. The van der Waals surface area contributed by atoms with Gasteiger partial charge in [0.2, 0.25) is 11.8 Å². The molecule has 2 fully saturated rings. The Kier molecular flexibility index (Phi) is 7.04. The van der Waals surface area contributed by atoms with Crippen molar-refractivity contribution in [3.63, 3.8) is 0 Å². The lowest BCUT2D eigenvalue weighted by molar-refractivity contribution is -0.143. The van der Waals surface area contributed by atoms with Gasteiger partial charge in [-0.2, -0.15) is 26.3 Å². The second kappa shape index (κ2) is 9.66. The maximum atomic E-state index is 13.7. The zero-order valence-corrected chi connectivity index (χ0v) is 20.4. The zero-order valence-electron chi connectivity index (χ0n) is 20.4. The highest BCUT2D eigenvalue weighted by Crippen LogP contribution is 2.41. The number of carbonyl (C=O) groups excluding carboxylic acids is 2. The summed E-state index contributed by atoms with van der Waals surface area (Å²) in [6.45, 7) is 5.17. The Balaban J connectivity index is 1.71. The molecule has 2 heterocycles. The molecule has 1 atom stereocenters. The van der Waals surface area contributed by atoms with Crippen LogP contribution in [0.25, 0.3) is 0 Å². The number of para-hydroxylation sites is 1. The Labute approximate surface area is 210 Å². The van der Waals surface area contributed by atoms with Crippen LogP contribution in [0.15, 0.2) is 36.4 Å². The van der Waals surface area contributed by atoms with E-state index >= 15 is 0 Å². The molecule has 0 bridgehead atoms. The summed E-state index contributed by atoms with van der Waals surface area (Å²) in [4.78, 5) is 30.4. The van der Waals surface area contributed by atoms with E-state index in [-0.39, 0.29) is 31.5 Å². The maximum Gasteiger partial charge on any atom is 0.416 e. The Morgan fingerprint density at radius 2 is 1.49 bits per heavy atom. The van der Waals surface area contributed by atoms with Crippen LogP contribution < -0.4 is 10.2 Å². The van der Waals surface area contributed by atoms with E-state index in [0.29, 0.717) is 30.9 Å². The van der Waals surface area contributed by atoms with Gasteiger partial charge in [0.25, 0.3) is 0 Å². The lowest BCUT2D eigenvalue weighted by Crippen LogP contribution is -2.47. The van der Waals surface area contributed by atoms with Gasteiger partial charge in [0, 0.05) is 30.9 Å². The standard InChI is InChI=1S/C26H27F6N3O2/c1-16-6-5-7-17(2)22(16)35-15-24(13-21(35)36,14-34-8-3-4-9-34)23(37)33-20-11-18(25(27,28)29)10-19(12-20)26(30,31)32/h5-7,10-12H,3-4,8-9,13-15H2,1-2H3,(H,33,37). The summed E-state index contributed by atoms with van der Waals surface area (Å²) in [6.07, 6.45) is -8.51. The van der Waals surface area contributed by atoms with Crippen LogP contribution in [0.3, 0.4) is 0 Å². The third-order valence-corrected chi connectivity index (χ3v) is 7.01. The van der Waals surface area contributed by atoms with Gasteiger partial charge in [-0.05, 0) is 69.1 Å². The maximum absolute atomic E-state index is 13.7. The first kappa shape index (κ1) is 27.0. The summed E-state index contributed by atoms with van der Waals surface area (Å²) in [5, 5.41) is 2.30. The first-order valence-electron chi connectivity index (χ1n) is 11.9. The molecular weight excluding hydrogens is 500 g/mol. The number of hydrogen-bond acceptors (Lipinski definition) is 3. The van der Waals surface area contributed by atoms with Gasteiger partial charge >= 0.3 is 12.4 Å². The van der Waals surface area contributed by atoms with E-state index in [1.807, 2.05) is 36.9 Å². The van der Waals surface area contributed by atoms with Crippen molar-refractivity contribution in [2.75, 3.05) is 36.4 Å². The predicted molar refractivity (Wildman–Crippen MR) is 126 cm³/mol. The van der Waals surface area contributed by atoms with Crippen LogP contribution >= 0.6 is 0 Å². The summed E-state index contributed by atoms with van der Waals surface area (Å²) < 4.78 is 80.1. The minimum atomic E-state index is -5.05. The number of amides is 2. The number of rotatable bonds is 5. The zero-order chi connectivity index (χ0) is 27.2. The molecule has 5 nitrogen and oxygen atoms in total. The molecule has 2 aliphatic rings. The van der Waals surface area contributed by atoms with Crippen LogP contribution in [0, 0.1) is 19.3 Å². The number of carbonyl (C=O) groups is 2. The van der Waals surface area contributed by atoms with Gasteiger partial charge in [0.15, 0.2) is 0 Å². The summed E-state index contributed by atoms with van der Waals surface area (Å²) in [6, 6.07) is 6.48. The van der Waals surface area contributed by atoms with Crippen LogP contribution in [0.4, 0.5) is 37.7 Å². The molecule has 2 saturated heterocycles. The van der Waals surface area contributed by atoms with Gasteiger partial charge < -0.3 is 15.1 Å². The summed E-state index contributed by atoms with van der Waals surface area (Å²) in [7, 11) is 0. The molecule has 0 aromatic heterocycles. The van der Waals surface area contributed by atoms with Crippen LogP contribution in [-0.2, 0) is 21.9 Å². The second-order valence-corrected chi connectivity index (χ2v) is 9.91. The number of alkyl halides is 6. The monoisotopic (exact) mass is 527 g/mol. The van der Waals surface area contributed by atoms with Gasteiger partial charge in [0.1, 0.15) is 0 Å². The second-order valence-electron chi connectivity index (χ2n) is 9.91. The smallest absolute Gasteiger partial charge is 0.325 e. The number of likely N-dealkylation sites (tertiary alicyclic amines) is 1. The molecule has 0 radical (unpaired) electrons.